The summed E-state index contributed by atoms with van der Waals surface area (Å²) >= 11 is 12.4. The Morgan fingerprint density at radius 2 is 1.71 bits per heavy atom. The van der Waals surface area contributed by atoms with E-state index in [1.54, 1.807) is 53.5 Å². The Morgan fingerprint density at radius 3 is 2.38 bits per heavy atom. The Kier molecular flexibility index (Phi) is 5.70. The van der Waals surface area contributed by atoms with Crippen molar-refractivity contribution in [3.05, 3.63) is 118 Å². The summed E-state index contributed by atoms with van der Waals surface area (Å²) in [7, 11) is 1.83. The van der Waals surface area contributed by atoms with Gasteiger partial charge in [0.1, 0.15) is 5.69 Å². The van der Waals surface area contributed by atoms with Gasteiger partial charge in [-0.25, -0.2) is 9.97 Å². The average molecular weight is 488 g/mol. The number of carbonyl (C=O) groups excluding carboxylic acids is 1. The second-order valence-corrected chi connectivity index (χ2v) is 8.93. The van der Waals surface area contributed by atoms with Crippen molar-refractivity contribution in [2.24, 2.45) is 7.05 Å². The molecule has 0 fully saturated rings. The lowest BCUT2D eigenvalue weighted by atomic mass is 9.82. The van der Waals surface area contributed by atoms with E-state index in [1.807, 2.05) is 43.4 Å². The van der Waals surface area contributed by atoms with Crippen LogP contribution in [-0.4, -0.2) is 25.9 Å². The highest BCUT2D eigenvalue weighted by atomic mass is 35.5. The summed E-state index contributed by atoms with van der Waals surface area (Å²) in [6.07, 6.45) is 4.01. The Bertz CT molecular complexity index is 1530. The summed E-state index contributed by atoms with van der Waals surface area (Å²) in [6.45, 7) is 0. The summed E-state index contributed by atoms with van der Waals surface area (Å²) in [5.41, 5.74) is 2.92. The molecule has 7 heteroatoms. The normalized spacial score (nSPS) is 13.1. The molecule has 0 bridgehead atoms. The number of aromatic nitrogens is 3. The maximum absolute atomic E-state index is 12.3. The number of pyridine rings is 1. The molecule has 168 valence electrons. The zero-order valence-electron chi connectivity index (χ0n) is 18.1. The molecule has 0 saturated heterocycles. The first-order chi connectivity index (χ1) is 16.4. The predicted octanol–water partition coefficient (Wildman–Crippen LogP) is 6.04. The number of nitrogens with zero attached hydrogens (tertiary/aromatic N) is 3. The second-order valence-electron chi connectivity index (χ2n) is 8.06. The quantitative estimate of drug-likeness (QED) is 0.307. The molecule has 0 spiro atoms. The Morgan fingerprint density at radius 1 is 0.941 bits per heavy atom. The molecule has 0 saturated carbocycles. The molecule has 5 nitrogen and oxygen atoms in total. The standard InChI is InChI=1S/C27H19Cl2N3O2/c1-32-16-30-14-26(32)27(34,18-5-8-20(28)9-6-18)19-7-10-25-24(12-19)23(13-22(15-33)31-25)17-3-2-4-21(29)11-17/h2-16,34H,1H3. The zero-order valence-corrected chi connectivity index (χ0v) is 19.6. The van der Waals surface area contributed by atoms with Crippen LogP contribution in [0.3, 0.4) is 0 Å². The fourth-order valence-corrected chi connectivity index (χ4v) is 4.60. The van der Waals surface area contributed by atoms with E-state index in [9.17, 15) is 9.90 Å². The molecule has 0 aliphatic heterocycles. The van der Waals surface area contributed by atoms with Gasteiger partial charge in [-0.1, -0.05) is 53.5 Å². The van der Waals surface area contributed by atoms with Crippen molar-refractivity contribution in [1.29, 1.82) is 0 Å². The third kappa shape index (κ3) is 3.78. The number of benzene rings is 3. The highest BCUT2D eigenvalue weighted by Crippen LogP contribution is 2.39. The number of hydrogen-bond acceptors (Lipinski definition) is 4. The smallest absolute Gasteiger partial charge is 0.168 e. The summed E-state index contributed by atoms with van der Waals surface area (Å²) in [4.78, 5) is 20.3. The van der Waals surface area contributed by atoms with Gasteiger partial charge >= 0.3 is 0 Å². The van der Waals surface area contributed by atoms with E-state index in [4.69, 9.17) is 23.2 Å². The van der Waals surface area contributed by atoms with Gasteiger partial charge in [0, 0.05) is 22.5 Å². The van der Waals surface area contributed by atoms with Crippen molar-refractivity contribution < 1.29 is 9.90 Å². The highest BCUT2D eigenvalue weighted by Gasteiger charge is 2.37. The van der Waals surface area contributed by atoms with Crippen LogP contribution in [0.5, 0.6) is 0 Å². The van der Waals surface area contributed by atoms with E-state index in [2.05, 4.69) is 9.97 Å². The number of fused-ring (bicyclic) bond motifs is 1. The first-order valence-electron chi connectivity index (χ1n) is 10.5. The number of carbonyl (C=O) groups is 1. The third-order valence-electron chi connectivity index (χ3n) is 5.95. The molecule has 5 aromatic rings. The van der Waals surface area contributed by atoms with Crippen LogP contribution >= 0.6 is 23.2 Å². The maximum Gasteiger partial charge on any atom is 0.168 e. The van der Waals surface area contributed by atoms with Gasteiger partial charge in [0.2, 0.25) is 0 Å². The molecular formula is C27H19Cl2N3O2. The lowest BCUT2D eigenvalue weighted by Gasteiger charge is -2.30. The monoisotopic (exact) mass is 487 g/mol. The minimum Gasteiger partial charge on any atom is -0.374 e. The van der Waals surface area contributed by atoms with Crippen LogP contribution in [0, 0.1) is 0 Å². The van der Waals surface area contributed by atoms with Gasteiger partial charge in [0.05, 0.1) is 23.7 Å². The molecule has 2 aromatic heterocycles. The van der Waals surface area contributed by atoms with Crippen LogP contribution in [0.25, 0.3) is 22.0 Å². The molecule has 0 amide bonds. The van der Waals surface area contributed by atoms with Crippen molar-refractivity contribution in [2.75, 3.05) is 0 Å². The van der Waals surface area contributed by atoms with Crippen molar-refractivity contribution in [3.63, 3.8) is 0 Å². The predicted molar refractivity (Wildman–Crippen MR) is 134 cm³/mol. The summed E-state index contributed by atoms with van der Waals surface area (Å²) < 4.78 is 1.78. The molecular weight excluding hydrogens is 469 g/mol. The van der Waals surface area contributed by atoms with Crippen LogP contribution in [0.15, 0.2) is 85.3 Å². The van der Waals surface area contributed by atoms with Gasteiger partial charge in [-0.3, -0.25) is 4.79 Å². The number of imidazole rings is 1. The van der Waals surface area contributed by atoms with E-state index >= 15 is 0 Å². The maximum atomic E-state index is 12.3. The largest absolute Gasteiger partial charge is 0.374 e. The van der Waals surface area contributed by atoms with Crippen molar-refractivity contribution in [2.45, 2.75) is 5.60 Å². The lowest BCUT2D eigenvalue weighted by molar-refractivity contribution is 0.111. The lowest BCUT2D eigenvalue weighted by Crippen LogP contribution is -2.31. The van der Waals surface area contributed by atoms with Gasteiger partial charge in [0.15, 0.2) is 11.9 Å². The van der Waals surface area contributed by atoms with Crippen LogP contribution in [0.2, 0.25) is 10.0 Å². The minimum absolute atomic E-state index is 0.315. The molecule has 0 aliphatic carbocycles. The van der Waals surface area contributed by atoms with Crippen molar-refractivity contribution in [3.8, 4) is 11.1 Å². The van der Waals surface area contributed by atoms with Crippen molar-refractivity contribution in [1.82, 2.24) is 14.5 Å². The molecule has 1 N–H and O–H groups in total. The number of halogens is 2. The van der Waals surface area contributed by atoms with Crippen LogP contribution in [-0.2, 0) is 12.6 Å². The van der Waals surface area contributed by atoms with E-state index in [-0.39, 0.29) is 0 Å². The molecule has 0 aliphatic rings. The summed E-state index contributed by atoms with van der Waals surface area (Å²) in [5, 5.41) is 14.2. The Balaban J connectivity index is 1.81. The van der Waals surface area contributed by atoms with Gasteiger partial charge in [0.25, 0.3) is 0 Å². The van der Waals surface area contributed by atoms with E-state index in [0.717, 1.165) is 22.8 Å². The van der Waals surface area contributed by atoms with E-state index in [0.29, 0.717) is 38.1 Å². The SMILES string of the molecule is Cn1cncc1C(O)(c1ccc(Cl)cc1)c1ccc2nc(C=O)cc(-c3cccc(Cl)c3)c2c1. The number of hydrogen-bond donors (Lipinski definition) is 1. The van der Waals surface area contributed by atoms with E-state index in [1.165, 1.54) is 0 Å². The van der Waals surface area contributed by atoms with Crippen LogP contribution in [0.4, 0.5) is 0 Å². The van der Waals surface area contributed by atoms with Crippen LogP contribution < -0.4 is 0 Å². The second kappa shape index (κ2) is 8.69. The van der Waals surface area contributed by atoms with E-state index < -0.39 is 5.60 Å². The number of rotatable bonds is 5. The number of aliphatic hydroxyl groups is 1. The molecule has 3 aromatic carbocycles. The fraction of sp³-hybridized carbons (Fsp3) is 0.0741. The molecule has 0 radical (unpaired) electrons. The van der Waals surface area contributed by atoms with Gasteiger partial charge in [-0.05, 0) is 64.7 Å². The molecule has 1 unspecified atom stereocenters. The summed E-state index contributed by atoms with van der Waals surface area (Å²) in [6, 6.07) is 21.7. The van der Waals surface area contributed by atoms with Crippen LogP contribution in [0.1, 0.15) is 27.3 Å². The Hall–Kier alpha value is -3.51. The fourth-order valence-electron chi connectivity index (χ4n) is 4.29. The van der Waals surface area contributed by atoms with Gasteiger partial charge in [-0.2, -0.15) is 0 Å². The topological polar surface area (TPSA) is 68.0 Å². The molecule has 2 heterocycles. The molecule has 34 heavy (non-hydrogen) atoms. The molecule has 5 rings (SSSR count). The number of aldehydes is 1. The average Bonchev–Trinajstić information content (AvgIpc) is 3.29. The van der Waals surface area contributed by atoms with Gasteiger partial charge in [-0.15, -0.1) is 0 Å². The minimum atomic E-state index is -1.51. The first-order valence-corrected chi connectivity index (χ1v) is 11.3. The Labute approximate surface area is 206 Å². The third-order valence-corrected chi connectivity index (χ3v) is 6.44. The zero-order chi connectivity index (χ0) is 23.9. The number of aryl methyl sites for hydroxylation is 1. The van der Waals surface area contributed by atoms with Gasteiger partial charge < -0.3 is 9.67 Å². The summed E-state index contributed by atoms with van der Waals surface area (Å²) in [5.74, 6) is 0. The highest BCUT2D eigenvalue weighted by molar-refractivity contribution is 6.31. The molecule has 1 atom stereocenters. The van der Waals surface area contributed by atoms with Crippen molar-refractivity contribution >= 4 is 40.4 Å². The first kappa shape index (κ1) is 22.3.